The summed E-state index contributed by atoms with van der Waals surface area (Å²) in [6.45, 7) is 9.93. The summed E-state index contributed by atoms with van der Waals surface area (Å²) in [4.78, 5) is 0. The van der Waals surface area contributed by atoms with E-state index in [0.29, 0.717) is 0 Å². The zero-order valence-corrected chi connectivity index (χ0v) is 12.7. The summed E-state index contributed by atoms with van der Waals surface area (Å²) in [5, 5.41) is 8.65. The maximum atomic E-state index is 6.24. The highest BCUT2D eigenvalue weighted by molar-refractivity contribution is 6.31. The van der Waals surface area contributed by atoms with E-state index in [4.69, 9.17) is 11.6 Å². The molecule has 1 aromatic carbocycles. The minimum Gasteiger partial charge on any atom is -0.313 e. The van der Waals surface area contributed by atoms with Gasteiger partial charge in [-0.25, -0.2) is 4.68 Å². The molecule has 0 aliphatic heterocycles. The van der Waals surface area contributed by atoms with Gasteiger partial charge in [-0.3, -0.25) is 0 Å². The summed E-state index contributed by atoms with van der Waals surface area (Å²) >= 11 is 6.24. The highest BCUT2D eigenvalue weighted by Crippen LogP contribution is 2.24. The van der Waals surface area contributed by atoms with Crippen LogP contribution in [0.1, 0.15) is 29.4 Å². The Morgan fingerprint density at radius 2 is 2.00 bits per heavy atom. The molecule has 0 bridgehead atoms. The maximum absolute atomic E-state index is 6.24. The van der Waals surface area contributed by atoms with Gasteiger partial charge in [0.05, 0.1) is 22.1 Å². The molecule has 19 heavy (non-hydrogen) atoms. The topological polar surface area (TPSA) is 29.9 Å². The van der Waals surface area contributed by atoms with Crippen LogP contribution in [0.25, 0.3) is 5.69 Å². The fraction of sp³-hybridized carbons (Fsp3) is 0.400. The van der Waals surface area contributed by atoms with Gasteiger partial charge in [0, 0.05) is 6.54 Å². The number of nitrogens with one attached hydrogen (secondary N) is 1. The van der Waals surface area contributed by atoms with Crippen molar-refractivity contribution < 1.29 is 0 Å². The molecule has 0 spiro atoms. The van der Waals surface area contributed by atoms with Gasteiger partial charge in [0.2, 0.25) is 0 Å². The third-order valence-electron chi connectivity index (χ3n) is 3.23. The molecule has 2 aromatic rings. The van der Waals surface area contributed by atoms with E-state index in [1.807, 2.05) is 18.5 Å². The second kappa shape index (κ2) is 5.76. The van der Waals surface area contributed by atoms with Crippen molar-refractivity contribution in [1.29, 1.82) is 0 Å². The van der Waals surface area contributed by atoms with Crippen LogP contribution in [-0.2, 0) is 6.54 Å². The molecule has 0 saturated heterocycles. The average molecular weight is 278 g/mol. The van der Waals surface area contributed by atoms with Crippen LogP contribution < -0.4 is 5.32 Å². The molecule has 0 fully saturated rings. The Labute approximate surface area is 119 Å². The van der Waals surface area contributed by atoms with E-state index in [1.54, 1.807) is 0 Å². The highest BCUT2D eigenvalue weighted by Gasteiger charge is 2.13. The van der Waals surface area contributed by atoms with Gasteiger partial charge in [-0.1, -0.05) is 36.2 Å². The lowest BCUT2D eigenvalue weighted by molar-refractivity contribution is 0.713. The first-order valence-electron chi connectivity index (χ1n) is 6.57. The number of hydrogen-bond acceptors (Lipinski definition) is 2. The van der Waals surface area contributed by atoms with Crippen LogP contribution in [0.4, 0.5) is 0 Å². The minimum absolute atomic E-state index is 0.745. The van der Waals surface area contributed by atoms with Crippen LogP contribution in [0.3, 0.4) is 0 Å². The van der Waals surface area contributed by atoms with Crippen LogP contribution >= 0.6 is 11.6 Å². The molecular weight excluding hydrogens is 258 g/mol. The van der Waals surface area contributed by atoms with Crippen molar-refractivity contribution in [2.75, 3.05) is 6.54 Å². The lowest BCUT2D eigenvalue weighted by Gasteiger charge is -2.12. The molecule has 0 radical (unpaired) electrons. The van der Waals surface area contributed by atoms with Crippen LogP contribution in [0, 0.1) is 20.8 Å². The minimum atomic E-state index is 0.745. The van der Waals surface area contributed by atoms with Gasteiger partial charge in [-0.2, -0.15) is 5.10 Å². The van der Waals surface area contributed by atoms with Gasteiger partial charge >= 0.3 is 0 Å². The number of nitrogens with zero attached hydrogens (tertiary/aromatic N) is 2. The highest BCUT2D eigenvalue weighted by atomic mass is 35.5. The zero-order chi connectivity index (χ0) is 14.0. The molecule has 0 saturated carbocycles. The lowest BCUT2D eigenvalue weighted by Crippen LogP contribution is -2.15. The second-order valence-corrected chi connectivity index (χ2v) is 5.19. The van der Waals surface area contributed by atoms with Crippen LogP contribution in [0.15, 0.2) is 18.2 Å². The van der Waals surface area contributed by atoms with Gasteiger partial charge in [-0.15, -0.1) is 0 Å². The molecular formula is C15H20ClN3. The summed E-state index contributed by atoms with van der Waals surface area (Å²) in [7, 11) is 0. The molecule has 1 aromatic heterocycles. The first kappa shape index (κ1) is 14.1. The summed E-state index contributed by atoms with van der Waals surface area (Å²) in [6.07, 6.45) is 0. The third kappa shape index (κ3) is 2.82. The molecule has 1 N–H and O–H groups in total. The standard InChI is InChI=1S/C15H20ClN3/c1-5-17-9-13-8-10(2)6-7-14(13)19-12(4)15(16)11(3)18-19/h6-8,17H,5,9H2,1-4H3. The first-order chi connectivity index (χ1) is 9.04. The molecule has 3 nitrogen and oxygen atoms in total. The monoisotopic (exact) mass is 277 g/mol. The molecule has 102 valence electrons. The number of benzene rings is 1. The van der Waals surface area contributed by atoms with Crippen molar-refractivity contribution in [3.05, 3.63) is 45.7 Å². The number of aromatic nitrogens is 2. The Bertz CT molecular complexity index is 587. The van der Waals surface area contributed by atoms with Crippen molar-refractivity contribution in [2.24, 2.45) is 0 Å². The predicted octanol–water partition coefficient (Wildman–Crippen LogP) is 3.56. The van der Waals surface area contributed by atoms with Crippen molar-refractivity contribution in [2.45, 2.75) is 34.2 Å². The van der Waals surface area contributed by atoms with Crippen molar-refractivity contribution >= 4 is 11.6 Å². The molecule has 0 aliphatic rings. The fourth-order valence-electron chi connectivity index (χ4n) is 2.18. The van der Waals surface area contributed by atoms with Crippen LogP contribution in [-0.4, -0.2) is 16.3 Å². The first-order valence-corrected chi connectivity index (χ1v) is 6.94. The maximum Gasteiger partial charge on any atom is 0.0848 e. The van der Waals surface area contributed by atoms with E-state index in [9.17, 15) is 0 Å². The second-order valence-electron chi connectivity index (χ2n) is 4.81. The van der Waals surface area contributed by atoms with Crippen LogP contribution in [0.5, 0.6) is 0 Å². The van der Waals surface area contributed by atoms with Gasteiger partial charge in [0.15, 0.2) is 0 Å². The Balaban J connectivity index is 2.51. The third-order valence-corrected chi connectivity index (χ3v) is 3.78. The van der Waals surface area contributed by atoms with Crippen molar-refractivity contribution in [3.8, 4) is 5.69 Å². The zero-order valence-electron chi connectivity index (χ0n) is 11.9. The summed E-state index contributed by atoms with van der Waals surface area (Å²) in [6, 6.07) is 6.41. The SMILES string of the molecule is CCNCc1cc(C)ccc1-n1nc(C)c(Cl)c1C. The Hall–Kier alpha value is -1.32. The largest absolute Gasteiger partial charge is 0.313 e. The van der Waals surface area contributed by atoms with E-state index in [2.05, 4.69) is 42.5 Å². The lowest BCUT2D eigenvalue weighted by atomic mass is 10.1. The average Bonchev–Trinajstić information content (AvgIpc) is 2.64. The van der Waals surface area contributed by atoms with E-state index in [-0.39, 0.29) is 0 Å². The number of hydrogen-bond donors (Lipinski definition) is 1. The Morgan fingerprint density at radius 1 is 1.26 bits per heavy atom. The molecule has 2 rings (SSSR count). The van der Waals surface area contributed by atoms with Gasteiger partial charge in [0.25, 0.3) is 0 Å². The Morgan fingerprint density at radius 3 is 2.58 bits per heavy atom. The number of halogens is 1. The summed E-state index contributed by atoms with van der Waals surface area (Å²) < 4.78 is 1.93. The summed E-state index contributed by atoms with van der Waals surface area (Å²) in [5.74, 6) is 0. The van der Waals surface area contributed by atoms with Crippen LogP contribution in [0.2, 0.25) is 5.02 Å². The number of aryl methyl sites for hydroxylation is 2. The fourth-order valence-corrected chi connectivity index (χ4v) is 2.30. The molecule has 0 aliphatic carbocycles. The van der Waals surface area contributed by atoms with E-state index >= 15 is 0 Å². The Kier molecular flexibility index (Phi) is 4.27. The van der Waals surface area contributed by atoms with Gasteiger partial charge in [-0.05, 0) is 38.9 Å². The van der Waals surface area contributed by atoms with Crippen molar-refractivity contribution in [1.82, 2.24) is 15.1 Å². The van der Waals surface area contributed by atoms with Crippen molar-refractivity contribution in [3.63, 3.8) is 0 Å². The summed E-state index contributed by atoms with van der Waals surface area (Å²) in [5.41, 5.74) is 5.45. The molecule has 0 unspecified atom stereocenters. The van der Waals surface area contributed by atoms with E-state index < -0.39 is 0 Å². The smallest absolute Gasteiger partial charge is 0.0848 e. The van der Waals surface area contributed by atoms with E-state index in [1.165, 1.54) is 11.1 Å². The number of rotatable bonds is 4. The quantitative estimate of drug-likeness (QED) is 0.926. The van der Waals surface area contributed by atoms with Gasteiger partial charge < -0.3 is 5.32 Å². The molecule has 1 heterocycles. The molecule has 0 amide bonds. The van der Waals surface area contributed by atoms with Gasteiger partial charge in [0.1, 0.15) is 0 Å². The molecule has 0 atom stereocenters. The predicted molar refractivity (Wildman–Crippen MR) is 80.2 cm³/mol. The normalized spacial score (nSPS) is 11.0. The van der Waals surface area contributed by atoms with E-state index in [0.717, 1.165) is 35.2 Å². The molecule has 4 heteroatoms.